The third-order valence-electron chi connectivity index (χ3n) is 3.00. The van der Waals surface area contributed by atoms with Gasteiger partial charge in [-0.3, -0.25) is 0 Å². The zero-order chi connectivity index (χ0) is 15.2. The largest absolute Gasteiger partial charge is 0.490 e. The lowest BCUT2D eigenvalue weighted by atomic mass is 10.3. The molecule has 2 N–H and O–H groups in total. The number of nitrogens with zero attached hydrogens (tertiary/aromatic N) is 3. The molecule has 0 aliphatic carbocycles. The van der Waals surface area contributed by atoms with E-state index in [4.69, 9.17) is 4.74 Å². The smallest absolute Gasteiger partial charge is 0.204 e. The molecule has 7 heteroatoms. The second-order valence-electron chi connectivity index (χ2n) is 4.52. The summed E-state index contributed by atoms with van der Waals surface area (Å²) in [5, 5.41) is 7.55. The zero-order valence-electron chi connectivity index (χ0n) is 12.8. The van der Waals surface area contributed by atoms with Crippen molar-refractivity contribution in [3.63, 3.8) is 0 Å². The molecule has 114 valence electrons. The van der Waals surface area contributed by atoms with E-state index in [1.54, 1.807) is 18.4 Å². The summed E-state index contributed by atoms with van der Waals surface area (Å²) in [7, 11) is 1.62. The monoisotopic (exact) mass is 307 g/mol. The Bertz CT molecular complexity index is 586. The summed E-state index contributed by atoms with van der Waals surface area (Å²) in [6, 6.07) is 0.0635. The Morgan fingerprint density at radius 1 is 1.24 bits per heavy atom. The lowest BCUT2D eigenvalue weighted by Crippen LogP contribution is -2.11. The number of hydrogen-bond acceptors (Lipinski definition) is 7. The number of hydrogen-bond donors (Lipinski definition) is 2. The first-order valence-corrected chi connectivity index (χ1v) is 7.85. The minimum absolute atomic E-state index is 0.0635. The van der Waals surface area contributed by atoms with Crippen molar-refractivity contribution >= 4 is 23.0 Å². The third kappa shape index (κ3) is 3.60. The summed E-state index contributed by atoms with van der Waals surface area (Å²) in [5.41, 5.74) is 0. The van der Waals surface area contributed by atoms with E-state index in [0.717, 1.165) is 18.0 Å². The van der Waals surface area contributed by atoms with Gasteiger partial charge in [-0.05, 0) is 20.3 Å². The maximum absolute atomic E-state index is 5.43. The van der Waals surface area contributed by atoms with E-state index in [-0.39, 0.29) is 6.04 Å². The Morgan fingerprint density at radius 3 is 2.62 bits per heavy atom. The summed E-state index contributed by atoms with van der Waals surface area (Å²) >= 11 is 1.71. The van der Waals surface area contributed by atoms with Crippen LogP contribution in [-0.4, -0.2) is 28.6 Å². The van der Waals surface area contributed by atoms with Crippen LogP contribution in [0.2, 0.25) is 0 Å². The molecule has 0 aliphatic heterocycles. The fourth-order valence-corrected chi connectivity index (χ4v) is 2.78. The molecule has 2 aromatic rings. The van der Waals surface area contributed by atoms with Crippen molar-refractivity contribution in [3.8, 4) is 5.75 Å². The van der Waals surface area contributed by atoms with E-state index >= 15 is 0 Å². The van der Waals surface area contributed by atoms with Crippen LogP contribution in [0.1, 0.15) is 36.7 Å². The first-order chi connectivity index (χ1) is 10.2. The molecule has 2 aromatic heterocycles. The van der Waals surface area contributed by atoms with Crippen LogP contribution in [0, 0.1) is 0 Å². The zero-order valence-corrected chi connectivity index (χ0v) is 13.6. The van der Waals surface area contributed by atoms with Gasteiger partial charge in [0, 0.05) is 17.6 Å². The molecule has 0 aliphatic rings. The number of anilines is 2. The fourth-order valence-electron chi connectivity index (χ4n) is 1.92. The highest BCUT2D eigenvalue weighted by atomic mass is 32.1. The Kier molecular flexibility index (Phi) is 5.32. The molecule has 0 aromatic carbocycles. The topological polar surface area (TPSA) is 72.0 Å². The van der Waals surface area contributed by atoms with Crippen LogP contribution in [-0.2, 0) is 6.42 Å². The van der Waals surface area contributed by atoms with Gasteiger partial charge in [-0.15, -0.1) is 11.3 Å². The van der Waals surface area contributed by atoms with E-state index < -0.39 is 0 Å². The van der Waals surface area contributed by atoms with Crippen molar-refractivity contribution in [2.45, 2.75) is 33.2 Å². The van der Waals surface area contributed by atoms with Crippen LogP contribution < -0.4 is 15.4 Å². The molecule has 0 amide bonds. The molecule has 0 saturated carbocycles. The summed E-state index contributed by atoms with van der Waals surface area (Å²) in [4.78, 5) is 14.2. The first-order valence-electron chi connectivity index (χ1n) is 7.03. The highest BCUT2D eigenvalue weighted by Gasteiger charge is 2.16. The number of aryl methyl sites for hydroxylation is 1. The highest BCUT2D eigenvalue weighted by Crippen LogP contribution is 2.32. The van der Waals surface area contributed by atoms with Gasteiger partial charge < -0.3 is 15.4 Å². The van der Waals surface area contributed by atoms with Crippen LogP contribution >= 0.6 is 11.3 Å². The van der Waals surface area contributed by atoms with Gasteiger partial charge >= 0.3 is 0 Å². The molecule has 2 rings (SSSR count). The van der Waals surface area contributed by atoms with Crippen molar-refractivity contribution in [1.82, 2.24) is 15.0 Å². The number of methoxy groups -OCH3 is 1. The average Bonchev–Trinajstić information content (AvgIpc) is 2.97. The van der Waals surface area contributed by atoms with Gasteiger partial charge in [-0.2, -0.15) is 0 Å². The summed E-state index contributed by atoms with van der Waals surface area (Å²) in [6.07, 6.45) is 4.46. The van der Waals surface area contributed by atoms with Gasteiger partial charge in [0.15, 0.2) is 11.6 Å². The molecule has 2 heterocycles. The van der Waals surface area contributed by atoms with Crippen LogP contribution in [0.3, 0.4) is 0 Å². The molecule has 6 nitrogen and oxygen atoms in total. The molecular weight excluding hydrogens is 286 g/mol. The number of ether oxygens (including phenoxy) is 1. The lowest BCUT2D eigenvalue weighted by molar-refractivity contribution is 0.414. The lowest BCUT2D eigenvalue weighted by Gasteiger charge is -2.16. The Morgan fingerprint density at radius 2 is 2.00 bits per heavy atom. The molecule has 0 saturated heterocycles. The van der Waals surface area contributed by atoms with E-state index in [0.29, 0.717) is 17.4 Å². The van der Waals surface area contributed by atoms with Gasteiger partial charge in [0.1, 0.15) is 11.3 Å². The molecule has 1 atom stereocenters. The number of thiazole rings is 1. The van der Waals surface area contributed by atoms with Crippen molar-refractivity contribution in [1.29, 1.82) is 0 Å². The second kappa shape index (κ2) is 7.21. The van der Waals surface area contributed by atoms with Crippen molar-refractivity contribution < 1.29 is 4.74 Å². The molecule has 21 heavy (non-hydrogen) atoms. The van der Waals surface area contributed by atoms with Crippen molar-refractivity contribution in [3.05, 3.63) is 22.4 Å². The fraction of sp³-hybridized carbons (Fsp3) is 0.500. The quantitative estimate of drug-likeness (QED) is 0.819. The van der Waals surface area contributed by atoms with Gasteiger partial charge in [0.25, 0.3) is 0 Å². The summed E-state index contributed by atoms with van der Waals surface area (Å²) in [5.74, 6) is 1.99. The minimum Gasteiger partial charge on any atom is -0.490 e. The van der Waals surface area contributed by atoms with E-state index in [9.17, 15) is 0 Å². The predicted octanol–water partition coefficient (Wildman–Crippen LogP) is 3.11. The average molecular weight is 307 g/mol. The first kappa shape index (κ1) is 15.5. The maximum atomic E-state index is 5.43. The SMILES string of the molecule is CCNc1ncnc(NC(C)c2ncc(CC)s2)c1OC. The van der Waals surface area contributed by atoms with E-state index in [2.05, 4.69) is 39.4 Å². The van der Waals surface area contributed by atoms with Gasteiger partial charge in [-0.1, -0.05) is 6.92 Å². The molecule has 0 fully saturated rings. The standard InChI is InChI=1S/C14H21N5OS/c1-5-10-7-16-14(21-10)9(3)19-13-11(20-4)12(15-6-2)17-8-18-13/h7-9H,5-6H2,1-4H3,(H2,15,17,18,19). The molecule has 1 unspecified atom stereocenters. The van der Waals surface area contributed by atoms with Gasteiger partial charge in [0.2, 0.25) is 5.75 Å². The number of rotatable bonds is 7. The Labute approximate surface area is 129 Å². The van der Waals surface area contributed by atoms with Crippen LogP contribution in [0.15, 0.2) is 12.5 Å². The Balaban J connectivity index is 2.20. The summed E-state index contributed by atoms with van der Waals surface area (Å²) < 4.78 is 5.43. The van der Waals surface area contributed by atoms with Crippen LogP contribution in [0.4, 0.5) is 11.6 Å². The molecular formula is C14H21N5OS. The number of nitrogens with one attached hydrogen (secondary N) is 2. The normalized spacial score (nSPS) is 12.0. The highest BCUT2D eigenvalue weighted by molar-refractivity contribution is 7.11. The molecule has 0 radical (unpaired) electrons. The predicted molar refractivity (Wildman–Crippen MR) is 86.3 cm³/mol. The van der Waals surface area contributed by atoms with Crippen molar-refractivity contribution in [2.24, 2.45) is 0 Å². The molecule has 0 bridgehead atoms. The number of aromatic nitrogens is 3. The van der Waals surface area contributed by atoms with Gasteiger partial charge in [0.05, 0.1) is 13.2 Å². The molecule has 0 spiro atoms. The Hall–Kier alpha value is -1.89. The van der Waals surface area contributed by atoms with E-state index in [1.165, 1.54) is 11.2 Å². The van der Waals surface area contributed by atoms with Gasteiger partial charge in [-0.25, -0.2) is 15.0 Å². The minimum atomic E-state index is 0.0635. The van der Waals surface area contributed by atoms with E-state index in [1.807, 2.05) is 13.1 Å². The third-order valence-corrected chi connectivity index (χ3v) is 4.32. The van der Waals surface area contributed by atoms with Crippen LogP contribution in [0.25, 0.3) is 0 Å². The maximum Gasteiger partial charge on any atom is 0.204 e. The second-order valence-corrected chi connectivity index (χ2v) is 5.67. The van der Waals surface area contributed by atoms with Crippen molar-refractivity contribution in [2.75, 3.05) is 24.3 Å². The van der Waals surface area contributed by atoms with Crippen LogP contribution in [0.5, 0.6) is 5.75 Å². The summed E-state index contributed by atoms with van der Waals surface area (Å²) in [6.45, 7) is 6.98.